The Balaban J connectivity index is 1.37. The van der Waals surface area contributed by atoms with Gasteiger partial charge in [0.05, 0.1) is 22.4 Å². The fraction of sp³-hybridized carbons (Fsp3) is 0.364. The van der Waals surface area contributed by atoms with Crippen LogP contribution in [0.4, 0.5) is 0 Å². The molecule has 4 aromatic rings. The fourth-order valence-electron chi connectivity index (χ4n) is 4.13. The topological polar surface area (TPSA) is 95.7 Å². The predicted molar refractivity (Wildman–Crippen MR) is 121 cm³/mol. The number of ketones is 1. The lowest BCUT2D eigenvalue weighted by molar-refractivity contribution is -0.117. The number of methoxy groups -OCH3 is 1. The highest BCUT2D eigenvalue weighted by Gasteiger charge is 2.41. The van der Waals surface area contributed by atoms with Crippen molar-refractivity contribution in [3.63, 3.8) is 0 Å². The van der Waals surface area contributed by atoms with Crippen molar-refractivity contribution in [3.05, 3.63) is 57.6 Å². The molecule has 1 aliphatic carbocycles. The SMILES string of the molecule is COC[C@H]1C[C@@H]1c1c(CC(=O)Cc2cnc(-n3nccn3)c(Cl)c2)cnc2sc(C)nc12. The number of Topliss-reactive ketones (excluding diaryl/α,β-unsaturated/α-hetero) is 1. The van der Waals surface area contributed by atoms with E-state index in [0.717, 1.165) is 38.5 Å². The van der Waals surface area contributed by atoms with Gasteiger partial charge in [-0.2, -0.15) is 10.2 Å². The van der Waals surface area contributed by atoms with E-state index in [-0.39, 0.29) is 12.2 Å². The van der Waals surface area contributed by atoms with Crippen LogP contribution in [0.3, 0.4) is 0 Å². The highest BCUT2D eigenvalue weighted by Crippen LogP contribution is 2.50. The summed E-state index contributed by atoms with van der Waals surface area (Å²) in [5, 5.41) is 9.46. The number of carbonyl (C=O) groups is 1. The van der Waals surface area contributed by atoms with Crippen molar-refractivity contribution in [3.8, 4) is 5.82 Å². The lowest BCUT2D eigenvalue weighted by Crippen LogP contribution is -2.11. The molecule has 0 bridgehead atoms. The van der Waals surface area contributed by atoms with Gasteiger partial charge in [0.25, 0.3) is 0 Å². The number of fused-ring (bicyclic) bond motifs is 1. The zero-order valence-electron chi connectivity index (χ0n) is 17.7. The second-order valence-electron chi connectivity index (χ2n) is 8.00. The summed E-state index contributed by atoms with van der Waals surface area (Å²) in [5.41, 5.74) is 3.79. The van der Waals surface area contributed by atoms with Crippen LogP contribution < -0.4 is 0 Å². The molecule has 0 N–H and O–H groups in total. The van der Waals surface area contributed by atoms with Crippen molar-refractivity contribution in [1.82, 2.24) is 29.9 Å². The van der Waals surface area contributed by atoms with Crippen molar-refractivity contribution in [2.75, 3.05) is 13.7 Å². The normalized spacial score (nSPS) is 17.7. The van der Waals surface area contributed by atoms with Crippen LogP contribution in [0.1, 0.15) is 34.0 Å². The maximum atomic E-state index is 13.0. The first-order valence-electron chi connectivity index (χ1n) is 10.3. The van der Waals surface area contributed by atoms with Crippen LogP contribution in [-0.4, -0.2) is 49.4 Å². The molecule has 8 nitrogen and oxygen atoms in total. The van der Waals surface area contributed by atoms with Crippen LogP contribution in [0.2, 0.25) is 5.02 Å². The Morgan fingerprint density at radius 2 is 2.06 bits per heavy atom. The number of carbonyl (C=O) groups excluding carboxylic acids is 1. The molecule has 1 saturated carbocycles. The number of halogens is 1. The Morgan fingerprint density at radius 3 is 2.81 bits per heavy atom. The van der Waals surface area contributed by atoms with Gasteiger partial charge in [0.1, 0.15) is 16.1 Å². The van der Waals surface area contributed by atoms with E-state index in [1.165, 1.54) is 4.80 Å². The fourth-order valence-corrected chi connectivity index (χ4v) is 5.17. The summed E-state index contributed by atoms with van der Waals surface area (Å²) in [6.45, 7) is 2.70. The van der Waals surface area contributed by atoms with E-state index in [9.17, 15) is 4.79 Å². The van der Waals surface area contributed by atoms with E-state index in [4.69, 9.17) is 21.3 Å². The van der Waals surface area contributed by atoms with Crippen molar-refractivity contribution in [2.24, 2.45) is 5.92 Å². The van der Waals surface area contributed by atoms with E-state index >= 15 is 0 Å². The molecular weight excluding hydrogens is 448 g/mol. The Hall–Kier alpha value is -2.75. The molecule has 32 heavy (non-hydrogen) atoms. The highest BCUT2D eigenvalue weighted by molar-refractivity contribution is 7.18. The first-order valence-corrected chi connectivity index (χ1v) is 11.5. The number of nitrogens with zero attached hydrogens (tertiary/aromatic N) is 6. The number of ether oxygens (including phenoxy) is 1. The lowest BCUT2D eigenvalue weighted by atomic mass is 9.97. The minimum atomic E-state index is 0.0751. The monoisotopic (exact) mass is 468 g/mol. The molecule has 164 valence electrons. The van der Waals surface area contributed by atoms with Crippen molar-refractivity contribution in [1.29, 1.82) is 0 Å². The number of aryl methyl sites for hydroxylation is 1. The van der Waals surface area contributed by atoms with Gasteiger partial charge in [-0.1, -0.05) is 22.9 Å². The molecule has 0 aromatic carbocycles. The van der Waals surface area contributed by atoms with Crippen molar-refractivity contribution < 1.29 is 9.53 Å². The summed E-state index contributed by atoms with van der Waals surface area (Å²) in [4.78, 5) is 28.9. The Labute approximate surface area is 193 Å². The predicted octanol–water partition coefficient (Wildman–Crippen LogP) is 3.73. The van der Waals surface area contributed by atoms with Crippen molar-refractivity contribution in [2.45, 2.75) is 32.1 Å². The highest BCUT2D eigenvalue weighted by atomic mass is 35.5. The molecule has 4 heterocycles. The number of hydrogen-bond acceptors (Lipinski definition) is 8. The zero-order valence-corrected chi connectivity index (χ0v) is 19.2. The first-order chi connectivity index (χ1) is 15.5. The van der Waals surface area contributed by atoms with E-state index in [2.05, 4.69) is 20.2 Å². The van der Waals surface area contributed by atoms with Gasteiger partial charge in [0.2, 0.25) is 0 Å². The third kappa shape index (κ3) is 4.15. The summed E-state index contributed by atoms with van der Waals surface area (Å²) in [6.07, 6.45) is 8.17. The van der Waals surface area contributed by atoms with Gasteiger partial charge in [-0.05, 0) is 47.9 Å². The van der Waals surface area contributed by atoms with Crippen molar-refractivity contribution >= 4 is 39.1 Å². The van der Waals surface area contributed by atoms with Crippen LogP contribution in [0.5, 0.6) is 0 Å². The minimum Gasteiger partial charge on any atom is -0.384 e. The molecule has 0 aliphatic heterocycles. The molecule has 5 rings (SSSR count). The standard InChI is InChI=1S/C22H21ClN6O2S/c1-12-28-20-19(17-8-15(17)11-31-2)14(10-25-22(20)32-12)7-16(30)5-13-6-18(23)21(24-9-13)29-26-3-4-27-29/h3-4,6,9-10,15,17H,5,7-8,11H2,1-2H3/t15-,17+/m1/s1. The van der Waals surface area contributed by atoms with Gasteiger partial charge in [0, 0.05) is 39.0 Å². The second kappa shape index (κ2) is 8.65. The zero-order chi connectivity index (χ0) is 22.2. The maximum Gasteiger partial charge on any atom is 0.193 e. The number of rotatable bonds is 8. The molecule has 2 atom stereocenters. The largest absolute Gasteiger partial charge is 0.384 e. The summed E-state index contributed by atoms with van der Waals surface area (Å²) < 4.78 is 5.35. The summed E-state index contributed by atoms with van der Waals surface area (Å²) in [7, 11) is 1.72. The van der Waals surface area contributed by atoms with Crippen LogP contribution in [0, 0.1) is 12.8 Å². The van der Waals surface area contributed by atoms with E-state index < -0.39 is 0 Å². The number of thiazole rings is 1. The molecule has 0 saturated heterocycles. The summed E-state index contributed by atoms with van der Waals surface area (Å²) in [5.74, 6) is 1.34. The molecule has 0 radical (unpaired) electrons. The molecule has 0 spiro atoms. The van der Waals surface area contributed by atoms with E-state index in [1.54, 1.807) is 43.1 Å². The van der Waals surface area contributed by atoms with Crippen LogP contribution in [0.25, 0.3) is 16.2 Å². The van der Waals surface area contributed by atoms with E-state index in [1.807, 2.05) is 13.1 Å². The Kier molecular flexibility index (Phi) is 5.71. The van der Waals surface area contributed by atoms with Gasteiger partial charge in [0.15, 0.2) is 5.82 Å². The van der Waals surface area contributed by atoms with Crippen LogP contribution in [-0.2, 0) is 22.4 Å². The van der Waals surface area contributed by atoms with E-state index in [0.29, 0.717) is 35.7 Å². The number of aromatic nitrogens is 6. The molecule has 0 amide bonds. The minimum absolute atomic E-state index is 0.0751. The summed E-state index contributed by atoms with van der Waals surface area (Å²) >= 11 is 7.93. The van der Waals surface area contributed by atoms with Gasteiger partial charge >= 0.3 is 0 Å². The van der Waals surface area contributed by atoms with Crippen LogP contribution in [0.15, 0.2) is 30.9 Å². The molecule has 0 unspecified atom stereocenters. The third-order valence-electron chi connectivity index (χ3n) is 5.60. The number of hydrogen-bond donors (Lipinski definition) is 0. The Bertz CT molecular complexity index is 1290. The molecule has 1 fully saturated rings. The molecule has 10 heteroatoms. The van der Waals surface area contributed by atoms with Gasteiger partial charge < -0.3 is 4.74 Å². The van der Waals surface area contributed by atoms with Gasteiger partial charge in [-0.3, -0.25) is 4.79 Å². The first kappa shape index (κ1) is 21.1. The van der Waals surface area contributed by atoms with Gasteiger partial charge in [-0.15, -0.1) is 4.80 Å². The Morgan fingerprint density at radius 1 is 1.25 bits per heavy atom. The average molecular weight is 469 g/mol. The maximum absolute atomic E-state index is 13.0. The third-order valence-corrected chi connectivity index (χ3v) is 6.76. The molecule has 4 aromatic heterocycles. The molecular formula is C22H21ClN6O2S. The quantitative estimate of drug-likeness (QED) is 0.388. The number of pyridine rings is 2. The van der Waals surface area contributed by atoms with Gasteiger partial charge in [-0.25, -0.2) is 15.0 Å². The summed E-state index contributed by atoms with van der Waals surface area (Å²) in [6, 6.07) is 1.74. The second-order valence-corrected chi connectivity index (χ2v) is 9.59. The van der Waals surface area contributed by atoms with Crippen LogP contribution >= 0.6 is 22.9 Å². The smallest absolute Gasteiger partial charge is 0.193 e. The molecule has 1 aliphatic rings. The average Bonchev–Trinajstić information content (AvgIpc) is 3.12. The lowest BCUT2D eigenvalue weighted by Gasteiger charge is -2.10.